The number of halogens is 6. The number of piperazine rings is 1. The molecule has 0 radical (unpaired) electrons. The monoisotopic (exact) mass is 1800 g/mol. The predicted molar refractivity (Wildman–Crippen MR) is 484 cm³/mol. The van der Waals surface area contributed by atoms with Crippen LogP contribution in [-0.4, -0.2) is 176 Å². The van der Waals surface area contributed by atoms with Crippen LogP contribution >= 0.6 is 69.6 Å². The maximum atomic E-state index is 12.5. The highest BCUT2D eigenvalue weighted by Crippen LogP contribution is 2.47. The van der Waals surface area contributed by atoms with Crippen LogP contribution in [0.15, 0.2) is 187 Å². The van der Waals surface area contributed by atoms with Crippen molar-refractivity contribution in [1.29, 1.82) is 0 Å². The van der Waals surface area contributed by atoms with E-state index in [0.29, 0.717) is 53.1 Å². The summed E-state index contributed by atoms with van der Waals surface area (Å²) in [5, 5.41) is 25.6. The molecular weight excluding hydrogens is 1720 g/mol. The van der Waals surface area contributed by atoms with E-state index in [2.05, 4.69) is 94.9 Å². The molecule has 124 heavy (non-hydrogen) atoms. The van der Waals surface area contributed by atoms with Crippen molar-refractivity contribution >= 4 is 189 Å². The number of para-hydroxylation sites is 5. The van der Waals surface area contributed by atoms with Crippen LogP contribution in [0.5, 0.6) is 0 Å². The van der Waals surface area contributed by atoms with Gasteiger partial charge in [-0.2, -0.15) is 24.9 Å². The van der Waals surface area contributed by atoms with Gasteiger partial charge in [-0.25, -0.2) is 34.5 Å². The molecule has 1 fully saturated rings. The second-order valence-electron chi connectivity index (χ2n) is 27.8. The molecule has 4 atom stereocenters. The maximum absolute atomic E-state index is 12.5. The number of amides is 1. The number of fused-ring (bicyclic) bond motifs is 17. The van der Waals surface area contributed by atoms with E-state index in [1.807, 2.05) is 136 Å². The number of esters is 2. The lowest BCUT2D eigenvalue weighted by Gasteiger charge is -2.36. The molecule has 7 aromatic heterocycles. The number of nitro groups is 2. The van der Waals surface area contributed by atoms with Gasteiger partial charge in [-0.05, 0) is 148 Å². The van der Waals surface area contributed by atoms with Crippen molar-refractivity contribution in [3.05, 3.63) is 273 Å². The molecule has 33 nitrogen and oxygen atoms in total. The Morgan fingerprint density at radius 2 is 0.992 bits per heavy atom. The van der Waals surface area contributed by atoms with Crippen LogP contribution in [0.2, 0.25) is 31.6 Å². The van der Waals surface area contributed by atoms with Crippen LogP contribution in [0, 0.1) is 20.2 Å². The summed E-state index contributed by atoms with van der Waals surface area (Å²) in [6.45, 7) is 4.51. The van der Waals surface area contributed by atoms with E-state index in [1.165, 1.54) is 35.9 Å². The number of benzene rings is 6. The summed E-state index contributed by atoms with van der Waals surface area (Å²) in [7, 11) is 8.30. The fraction of sp³-hybridized carbons (Fsp3) is 0.259. The lowest BCUT2D eigenvalue weighted by atomic mass is 9.98. The molecule has 7 aliphatic heterocycles. The third-order valence-electron chi connectivity index (χ3n) is 20.7. The quantitative estimate of drug-likeness (QED) is 0.0390. The molecule has 4 unspecified atom stereocenters. The summed E-state index contributed by atoms with van der Waals surface area (Å²) >= 11 is 34.2. The zero-order valence-electron chi connectivity index (χ0n) is 64.3. The Morgan fingerprint density at radius 3 is 1.60 bits per heavy atom. The number of carbonyl (C=O) groups is 4. The zero-order valence-corrected chi connectivity index (χ0v) is 68.8. The predicted octanol–water partition coefficient (Wildman–Crippen LogP) is 15.6. The normalized spacial score (nSPS) is 16.0. The first-order valence-corrected chi connectivity index (χ1v) is 39.2. The number of aryl methyl sites for hydroxylation is 1. The number of methoxy groups -OCH3 is 2. The van der Waals surface area contributed by atoms with Crippen molar-refractivity contribution in [3.8, 4) is 0 Å². The molecule has 14 heterocycles. The number of ether oxygens (including phenoxy) is 2. The molecule has 20 rings (SSSR count). The Bertz CT molecular complexity index is 6200. The minimum atomic E-state index is -0.748. The Labute approximate surface area is 742 Å². The summed E-state index contributed by atoms with van der Waals surface area (Å²) in [6.07, 6.45) is 9.72. The van der Waals surface area contributed by atoms with E-state index in [4.69, 9.17) is 80.1 Å². The molecule has 7 aliphatic rings. The van der Waals surface area contributed by atoms with E-state index in [-0.39, 0.29) is 120 Å². The number of aromatic nitrogens is 12. The highest BCUT2D eigenvalue weighted by atomic mass is 35.5. The van der Waals surface area contributed by atoms with Crippen LogP contribution < -0.4 is 41.1 Å². The first-order chi connectivity index (χ1) is 57.8. The number of nitrogens with one attached hydrogen (secondary N) is 1. The largest absolute Gasteiger partial charge is 0.467 e. The topological polar surface area (TPSA) is 386 Å². The van der Waals surface area contributed by atoms with Crippen LogP contribution in [0.25, 0.3) is 27.6 Å². The average Bonchev–Trinajstić information content (AvgIpc) is 1.58. The van der Waals surface area contributed by atoms with Crippen LogP contribution in [0.1, 0.15) is 57.5 Å². The van der Waals surface area contributed by atoms with Crippen molar-refractivity contribution in [2.24, 2.45) is 7.05 Å². The Kier molecular flexibility index (Phi) is 30.4. The summed E-state index contributed by atoms with van der Waals surface area (Å²) in [4.78, 5) is 132. The number of carbonyl (C=O) groups excluding carboxylic acids is 4. The SMILES string of the molecule is C.C.C.C.CN1C(=O)C2Cc3ccccc3N2c2nc(Cl)ncc21.CN1CCN(c2ccc(N)cc2)CC1.COC(=O)C1Cc2ccccc2N1.COC(=O)C1Cc2ccccc2N1c1nc(Cl)ncc1[N+](=O)[O-].Cn1c(=O)c2cc3ccccc3n2c2nc(Cl)ncc21.O=C1Cc2cnc(Cl)nc2N2c3ccccc3CC12.O=[N+]([O-])c1cnc(Cl)nc1Cl. The highest BCUT2D eigenvalue weighted by molar-refractivity contribution is 6.33. The molecule has 13 aromatic rings. The molecule has 3 N–H and O–H groups in total. The molecule has 0 bridgehead atoms. The molecule has 1 amide bonds. The Balaban J connectivity index is 0.000000152. The molecule has 1 saturated heterocycles. The number of Topliss-reactive ketones (excluding diaryl/α,β-unsaturated/α-hetero) is 1. The number of likely N-dealkylation sites (N-methyl/N-ethyl adjacent to an activating group) is 2. The number of nitrogens with zero attached hydrogens (tertiary/aromatic N) is 20. The van der Waals surface area contributed by atoms with E-state index < -0.39 is 21.9 Å². The molecule has 39 heteroatoms. The first-order valence-electron chi connectivity index (χ1n) is 36.9. The van der Waals surface area contributed by atoms with Gasteiger partial charge >= 0.3 is 23.3 Å². The van der Waals surface area contributed by atoms with E-state index in [1.54, 1.807) is 54.3 Å². The third-order valence-corrected chi connectivity index (χ3v) is 21.9. The summed E-state index contributed by atoms with van der Waals surface area (Å²) in [5.74, 6) is 1.00. The van der Waals surface area contributed by atoms with Gasteiger partial charge in [0.25, 0.3) is 5.56 Å². The molecule has 6 aromatic carbocycles. The number of ketones is 1. The zero-order chi connectivity index (χ0) is 84.9. The van der Waals surface area contributed by atoms with Crippen LogP contribution in [0.4, 0.5) is 68.6 Å². The van der Waals surface area contributed by atoms with Crippen molar-refractivity contribution in [2.45, 2.75) is 86.0 Å². The Morgan fingerprint density at radius 1 is 0.492 bits per heavy atom. The third kappa shape index (κ3) is 19.6. The van der Waals surface area contributed by atoms with Gasteiger partial charge in [-0.1, -0.05) is 132 Å². The van der Waals surface area contributed by atoms with Crippen LogP contribution in [-0.2, 0) is 67.8 Å². The number of hydrogen-bond acceptors (Lipinski definition) is 28. The summed E-state index contributed by atoms with van der Waals surface area (Å²) in [5.41, 5.74) is 19.5. The minimum Gasteiger partial charge on any atom is -0.467 e. The van der Waals surface area contributed by atoms with Gasteiger partial charge in [0.1, 0.15) is 53.1 Å². The van der Waals surface area contributed by atoms with Gasteiger partial charge < -0.3 is 54.5 Å². The minimum absolute atomic E-state index is 0. The molecule has 0 spiro atoms. The van der Waals surface area contributed by atoms with E-state index in [9.17, 15) is 44.2 Å². The van der Waals surface area contributed by atoms with Crippen LogP contribution in [0.3, 0.4) is 0 Å². The fourth-order valence-electron chi connectivity index (χ4n) is 14.9. The number of nitrogen functional groups attached to an aromatic ring is 1. The van der Waals surface area contributed by atoms with Gasteiger partial charge in [0, 0.05) is 124 Å². The van der Waals surface area contributed by atoms with Crippen molar-refractivity contribution < 1.29 is 38.5 Å². The second kappa shape index (κ2) is 40.4. The number of rotatable bonds is 6. The average molecular weight is 1800 g/mol. The van der Waals surface area contributed by atoms with E-state index >= 15 is 0 Å². The first kappa shape index (κ1) is 93.4. The molecular formula is C85H86Cl6N22O11. The molecule has 644 valence electrons. The molecule has 0 aliphatic carbocycles. The van der Waals surface area contributed by atoms with Crippen molar-refractivity contribution in [1.82, 2.24) is 63.7 Å². The Hall–Kier alpha value is -12.9. The standard InChI is InChI=1S/C14H11ClN4O4.C14H11ClN4O.C14H9ClN4O.C14H10ClN3O.C11H17N3.C10H11NO2.C4HCl2N3O2.4CH4/c1-23-13(20)10-6-8-4-2-3-5-9(8)18(10)12-11(19(21)22)7-16-14(15)17-12;2*1-18-11-7-16-14(15)17-12(11)19-9-5-3-2-4-8(9)6-10(19)13(18)20;15-14-16-7-9-6-12(19)11-5-8-3-1-2-4-10(8)18(11)13(9)17-14;1-13-6-8-14(9-7-13)11-4-2-10(12)3-5-11;1-13-10(12)9-6-7-4-2-3-5-8(7)11-9;5-3-2(9(10)11)1-7-4(6)8-3;;;;/h2-5,7,10H,6H2,1H3;2-5,7,10H,6H2,1H3;2-7H,1H3;1-4,7,11H,5-6H2;2-5H,6-9,12H2,1H3;2-5,9,11H,6H2,1H3;1H;4*1H4. The number of anilines is 10. The van der Waals surface area contributed by atoms with Gasteiger partial charge in [0.15, 0.2) is 17.2 Å². The van der Waals surface area contributed by atoms with Gasteiger partial charge in [0.05, 0.1) is 48.0 Å². The van der Waals surface area contributed by atoms with Gasteiger partial charge in [-0.3, -0.25) is 39.0 Å². The lowest BCUT2D eigenvalue weighted by Crippen LogP contribution is -2.49. The van der Waals surface area contributed by atoms with Gasteiger partial charge in [0.2, 0.25) is 43.3 Å². The maximum Gasteiger partial charge on any atom is 0.330 e. The number of hydrogen-bond donors (Lipinski definition) is 2. The number of nitrogens with two attached hydrogens (primary N) is 1. The van der Waals surface area contributed by atoms with Gasteiger partial charge in [-0.15, -0.1) is 0 Å². The summed E-state index contributed by atoms with van der Waals surface area (Å²) < 4.78 is 12.9. The molecule has 0 saturated carbocycles. The lowest BCUT2D eigenvalue weighted by molar-refractivity contribution is -0.385. The summed E-state index contributed by atoms with van der Waals surface area (Å²) in [6, 6.07) is 47.6. The van der Waals surface area contributed by atoms with Crippen molar-refractivity contribution in [2.75, 3.05) is 90.0 Å². The van der Waals surface area contributed by atoms with E-state index in [0.717, 1.165) is 108 Å². The highest BCUT2D eigenvalue weighted by Gasteiger charge is 2.45. The van der Waals surface area contributed by atoms with Crippen molar-refractivity contribution in [3.63, 3.8) is 0 Å². The second-order valence-corrected chi connectivity index (χ2v) is 29.9. The smallest absolute Gasteiger partial charge is 0.330 e. The fourth-order valence-corrected chi connectivity index (χ4v) is 15.7.